The maximum Gasteiger partial charge on any atom is 0.324 e. The Morgan fingerprint density at radius 3 is 2.54 bits per heavy atom. The summed E-state index contributed by atoms with van der Waals surface area (Å²) in [5, 5.41) is 4.60. The van der Waals surface area contributed by atoms with E-state index in [4.69, 9.17) is 26.8 Å². The number of anilines is 1. The molecule has 12 heteroatoms. The smallest absolute Gasteiger partial charge is 0.324 e. The lowest BCUT2D eigenvalue weighted by molar-refractivity contribution is -0.150. The molecule has 0 saturated heterocycles. The Hall–Kier alpha value is -3.18. The van der Waals surface area contributed by atoms with Crippen molar-refractivity contribution in [3.05, 3.63) is 74.5 Å². The van der Waals surface area contributed by atoms with Crippen LogP contribution < -0.4 is 20.6 Å². The van der Waals surface area contributed by atoms with Crippen LogP contribution in [0.4, 0.5) is 5.69 Å². The van der Waals surface area contributed by atoms with Gasteiger partial charge < -0.3 is 20.5 Å². The number of benzene rings is 2. The van der Waals surface area contributed by atoms with Gasteiger partial charge in [-0.3, -0.25) is 19.0 Å². The fourth-order valence-corrected chi connectivity index (χ4v) is 4.06. The Bertz CT molecular complexity index is 1350. The summed E-state index contributed by atoms with van der Waals surface area (Å²) < 4.78 is 12.1. The first-order chi connectivity index (χ1) is 17.1. The SMILES string of the molecule is COc1cc(NC(=O)c2ccccc2C)c(Cl)cc1C(=O)N=c1sccn1COC(=O)[C@@H](N)C(C)C.Cl. The number of thiazole rings is 1. The zero-order valence-corrected chi connectivity index (χ0v) is 23.1. The summed E-state index contributed by atoms with van der Waals surface area (Å²) in [6.07, 6.45) is 1.64. The highest BCUT2D eigenvalue weighted by atomic mass is 35.5. The lowest BCUT2D eigenvalue weighted by atomic mass is 10.1. The largest absolute Gasteiger partial charge is 0.496 e. The van der Waals surface area contributed by atoms with E-state index in [2.05, 4.69) is 10.3 Å². The minimum atomic E-state index is -0.748. The van der Waals surface area contributed by atoms with E-state index in [0.717, 1.165) is 5.56 Å². The Labute approximate surface area is 229 Å². The maximum atomic E-state index is 13.0. The van der Waals surface area contributed by atoms with Crippen LogP contribution in [-0.4, -0.2) is 35.5 Å². The number of amides is 2. The fraction of sp³-hybridized carbons (Fsp3) is 0.280. The molecule has 1 heterocycles. The number of methoxy groups -OCH3 is 1. The van der Waals surface area contributed by atoms with Crippen LogP contribution in [0.15, 0.2) is 53.0 Å². The molecule has 2 amide bonds. The molecule has 1 aromatic heterocycles. The monoisotopic (exact) mass is 566 g/mol. The first kappa shape index (κ1) is 30.0. The predicted molar refractivity (Wildman–Crippen MR) is 145 cm³/mol. The number of carbonyl (C=O) groups excluding carboxylic acids is 3. The van der Waals surface area contributed by atoms with Gasteiger partial charge in [0.25, 0.3) is 11.8 Å². The van der Waals surface area contributed by atoms with Crippen LogP contribution in [0.5, 0.6) is 5.75 Å². The summed E-state index contributed by atoms with van der Waals surface area (Å²) >= 11 is 7.58. The van der Waals surface area contributed by atoms with Crippen LogP contribution in [0.2, 0.25) is 5.02 Å². The first-order valence-corrected chi connectivity index (χ1v) is 12.3. The van der Waals surface area contributed by atoms with Gasteiger partial charge in [0.2, 0.25) is 0 Å². The minimum Gasteiger partial charge on any atom is -0.496 e. The van der Waals surface area contributed by atoms with E-state index in [9.17, 15) is 14.4 Å². The van der Waals surface area contributed by atoms with Crippen molar-refractivity contribution >= 4 is 58.8 Å². The molecule has 0 unspecified atom stereocenters. The first-order valence-electron chi connectivity index (χ1n) is 11.0. The molecule has 37 heavy (non-hydrogen) atoms. The molecule has 0 fully saturated rings. The molecular formula is C25H28Cl2N4O5S. The average Bonchev–Trinajstić information content (AvgIpc) is 3.29. The molecule has 2 aromatic carbocycles. The number of hydrogen-bond acceptors (Lipinski definition) is 7. The third kappa shape index (κ3) is 7.42. The Morgan fingerprint density at radius 2 is 1.89 bits per heavy atom. The Kier molecular flexibility index (Phi) is 10.9. The molecule has 3 aromatic rings. The van der Waals surface area contributed by atoms with E-state index >= 15 is 0 Å². The molecule has 0 spiro atoms. The lowest BCUT2D eigenvalue weighted by Gasteiger charge is -2.14. The van der Waals surface area contributed by atoms with Crippen LogP contribution in [0.3, 0.4) is 0 Å². The van der Waals surface area contributed by atoms with Crippen molar-refractivity contribution in [1.29, 1.82) is 0 Å². The fourth-order valence-electron chi connectivity index (χ4n) is 3.14. The van der Waals surface area contributed by atoms with Crippen molar-refractivity contribution in [2.75, 3.05) is 12.4 Å². The van der Waals surface area contributed by atoms with Crippen LogP contribution in [0.1, 0.15) is 40.1 Å². The summed E-state index contributed by atoms with van der Waals surface area (Å²) in [6, 6.07) is 9.26. The highest BCUT2D eigenvalue weighted by molar-refractivity contribution is 7.07. The number of nitrogens with one attached hydrogen (secondary N) is 1. The van der Waals surface area contributed by atoms with Gasteiger partial charge in [0.15, 0.2) is 11.5 Å². The van der Waals surface area contributed by atoms with Crippen LogP contribution in [0, 0.1) is 12.8 Å². The van der Waals surface area contributed by atoms with Crippen LogP contribution in [0.25, 0.3) is 0 Å². The van der Waals surface area contributed by atoms with Gasteiger partial charge in [-0.2, -0.15) is 4.99 Å². The molecule has 0 aliphatic heterocycles. The van der Waals surface area contributed by atoms with E-state index in [-0.39, 0.29) is 53.0 Å². The summed E-state index contributed by atoms with van der Waals surface area (Å²) in [4.78, 5) is 42.2. The third-order valence-corrected chi connectivity index (χ3v) is 6.46. The van der Waals surface area contributed by atoms with E-state index < -0.39 is 17.9 Å². The number of esters is 1. The average molecular weight is 567 g/mol. The quantitative estimate of drug-likeness (QED) is 0.389. The van der Waals surface area contributed by atoms with Crippen molar-refractivity contribution in [3.63, 3.8) is 0 Å². The van der Waals surface area contributed by atoms with E-state index in [1.165, 1.54) is 35.1 Å². The summed E-state index contributed by atoms with van der Waals surface area (Å²) in [5.41, 5.74) is 7.52. The topological polar surface area (TPSA) is 125 Å². The predicted octanol–water partition coefficient (Wildman–Crippen LogP) is 4.42. The maximum absolute atomic E-state index is 13.0. The number of nitrogens with two attached hydrogens (primary N) is 1. The standard InChI is InChI=1S/C25H27ClN4O5S.ClH/c1-14(2)21(27)24(33)35-13-30-9-10-36-25(30)29-23(32)17-11-18(26)19(12-20(17)34-4)28-22(31)16-8-6-5-7-15(16)3;/h5-12,14,21H,13,27H2,1-4H3,(H,28,31);1H/t21-;/m0./s1. The Morgan fingerprint density at radius 1 is 1.19 bits per heavy atom. The molecule has 0 aliphatic carbocycles. The zero-order chi connectivity index (χ0) is 26.4. The highest BCUT2D eigenvalue weighted by Gasteiger charge is 2.20. The number of aromatic nitrogens is 1. The van der Waals surface area contributed by atoms with Gasteiger partial charge >= 0.3 is 5.97 Å². The number of aryl methyl sites for hydroxylation is 1. The third-order valence-electron chi connectivity index (χ3n) is 5.35. The van der Waals surface area contributed by atoms with E-state index in [1.807, 2.05) is 32.9 Å². The zero-order valence-electron chi connectivity index (χ0n) is 20.7. The number of halogens is 2. The molecule has 0 saturated carbocycles. The summed E-state index contributed by atoms with van der Waals surface area (Å²) in [5.74, 6) is -1.39. The van der Waals surface area contributed by atoms with Gasteiger partial charge in [0.1, 0.15) is 11.8 Å². The molecule has 3 N–H and O–H groups in total. The van der Waals surface area contributed by atoms with Gasteiger partial charge in [-0.25, -0.2) is 0 Å². The summed E-state index contributed by atoms with van der Waals surface area (Å²) in [6.45, 7) is 5.33. The molecule has 1 atom stereocenters. The number of hydrogen-bond donors (Lipinski definition) is 2. The molecule has 9 nitrogen and oxygen atoms in total. The van der Waals surface area contributed by atoms with Crippen molar-refractivity contribution in [1.82, 2.24) is 4.57 Å². The number of rotatable bonds is 8. The van der Waals surface area contributed by atoms with E-state index in [0.29, 0.717) is 10.4 Å². The highest BCUT2D eigenvalue weighted by Crippen LogP contribution is 2.32. The van der Waals surface area contributed by atoms with Crippen LogP contribution in [-0.2, 0) is 16.3 Å². The van der Waals surface area contributed by atoms with Crippen LogP contribution >= 0.6 is 35.3 Å². The number of carbonyl (C=O) groups is 3. The van der Waals surface area contributed by atoms with E-state index in [1.54, 1.807) is 23.7 Å². The second kappa shape index (κ2) is 13.4. The second-order valence-corrected chi connectivity index (χ2v) is 9.52. The number of ether oxygens (including phenoxy) is 2. The lowest BCUT2D eigenvalue weighted by Crippen LogP contribution is -2.37. The van der Waals surface area contributed by atoms with Gasteiger partial charge in [0, 0.05) is 23.2 Å². The molecular weight excluding hydrogens is 539 g/mol. The molecule has 0 radical (unpaired) electrons. The van der Waals surface area contributed by atoms with Crippen molar-refractivity contribution in [2.45, 2.75) is 33.5 Å². The van der Waals surface area contributed by atoms with Gasteiger partial charge in [-0.1, -0.05) is 43.6 Å². The number of nitrogens with zero attached hydrogens (tertiary/aromatic N) is 2. The van der Waals surface area contributed by atoms with Gasteiger partial charge in [-0.15, -0.1) is 23.7 Å². The molecule has 3 rings (SSSR count). The van der Waals surface area contributed by atoms with Crippen molar-refractivity contribution in [3.8, 4) is 5.75 Å². The van der Waals surface area contributed by atoms with Crippen molar-refractivity contribution < 1.29 is 23.9 Å². The van der Waals surface area contributed by atoms with Crippen molar-refractivity contribution in [2.24, 2.45) is 16.6 Å². The molecule has 0 aliphatic rings. The second-order valence-electron chi connectivity index (χ2n) is 8.24. The molecule has 198 valence electrons. The Balaban J connectivity index is 0.00000481. The van der Waals surface area contributed by atoms with Gasteiger partial charge in [-0.05, 0) is 30.5 Å². The normalized spacial score (nSPS) is 12.0. The van der Waals surface area contributed by atoms with Gasteiger partial charge in [0.05, 0.1) is 23.4 Å². The summed E-state index contributed by atoms with van der Waals surface area (Å²) in [7, 11) is 1.40. The molecule has 0 bridgehead atoms. The minimum absolute atomic E-state index is 0.